The van der Waals surface area contributed by atoms with E-state index in [1.54, 1.807) is 6.08 Å². The molecule has 0 saturated carbocycles. The van der Waals surface area contributed by atoms with Crippen molar-refractivity contribution in [1.29, 1.82) is 0 Å². The summed E-state index contributed by atoms with van der Waals surface area (Å²) in [6, 6.07) is 15.3. The zero-order valence-corrected chi connectivity index (χ0v) is 30.7. The van der Waals surface area contributed by atoms with Crippen LogP contribution in [0, 0.1) is 13.8 Å². The molecule has 1 atom stereocenters. The summed E-state index contributed by atoms with van der Waals surface area (Å²) in [4.78, 5) is 16.1. The van der Waals surface area contributed by atoms with Crippen molar-refractivity contribution in [2.45, 2.75) is 67.0 Å². The number of hydrogen-bond donors (Lipinski definition) is 0. The number of aryl methyl sites for hydroxylation is 1. The molecule has 8 nitrogen and oxygen atoms in total. The molecular weight excluding hydrogens is 661 g/mol. The van der Waals surface area contributed by atoms with Gasteiger partial charge in [-0.25, -0.2) is 0 Å². The van der Waals surface area contributed by atoms with Gasteiger partial charge in [-0.2, -0.15) is 5.10 Å². The van der Waals surface area contributed by atoms with Gasteiger partial charge in [-0.15, -0.1) is 0 Å². The lowest BCUT2D eigenvalue weighted by atomic mass is 9.88. The van der Waals surface area contributed by atoms with Crippen LogP contribution < -0.4 is 18.9 Å². The van der Waals surface area contributed by atoms with E-state index in [2.05, 4.69) is 6.07 Å². The molecule has 0 aliphatic carbocycles. The van der Waals surface area contributed by atoms with E-state index < -0.39 is 0 Å². The topological polar surface area (TPSA) is 75.0 Å². The van der Waals surface area contributed by atoms with Crippen LogP contribution in [0.3, 0.4) is 0 Å². The van der Waals surface area contributed by atoms with Gasteiger partial charge in [0.05, 0.1) is 44.7 Å². The average molecular weight is 707 g/mol. The maximum absolute atomic E-state index is 14.2. The Balaban J connectivity index is 1.49. The molecule has 1 aliphatic rings. The highest BCUT2D eigenvalue weighted by Gasteiger charge is 2.32. The number of benzene rings is 3. The number of carbonyl (C=O) groups is 1. The van der Waals surface area contributed by atoms with Crippen LogP contribution in [-0.2, 0) is 24.2 Å². The zero-order chi connectivity index (χ0) is 35.1. The Kier molecular flexibility index (Phi) is 12.2. The number of rotatable bonds is 14. The van der Waals surface area contributed by atoms with Crippen LogP contribution >= 0.6 is 23.2 Å². The van der Waals surface area contributed by atoms with E-state index in [0.29, 0.717) is 79.7 Å². The molecule has 1 amide bonds. The third-order valence-electron chi connectivity index (χ3n) is 8.68. The molecule has 10 heteroatoms. The average Bonchev–Trinajstić information content (AvgIpc) is 3.34. The Morgan fingerprint density at radius 2 is 1.47 bits per heavy atom. The quantitative estimate of drug-likeness (QED) is 0.122. The summed E-state index contributed by atoms with van der Waals surface area (Å²) in [5.41, 5.74) is 6.64. The fourth-order valence-electron chi connectivity index (χ4n) is 6.36. The van der Waals surface area contributed by atoms with Crippen LogP contribution in [0.4, 0.5) is 0 Å². The van der Waals surface area contributed by atoms with Crippen molar-refractivity contribution in [2.24, 2.45) is 0 Å². The van der Waals surface area contributed by atoms with Crippen LogP contribution in [0.25, 0.3) is 6.08 Å². The fourth-order valence-corrected chi connectivity index (χ4v) is 6.88. The zero-order valence-electron chi connectivity index (χ0n) is 29.1. The van der Waals surface area contributed by atoms with E-state index in [4.69, 9.17) is 47.2 Å². The van der Waals surface area contributed by atoms with Crippen molar-refractivity contribution in [3.63, 3.8) is 0 Å². The van der Waals surface area contributed by atoms with E-state index in [0.717, 1.165) is 45.0 Å². The van der Waals surface area contributed by atoms with E-state index in [9.17, 15) is 4.79 Å². The number of ether oxygens (including phenoxy) is 4. The minimum atomic E-state index is -0.254. The number of halogens is 2. The summed E-state index contributed by atoms with van der Waals surface area (Å²) in [5, 5.41) is 5.92. The van der Waals surface area contributed by atoms with Gasteiger partial charge in [0.15, 0.2) is 23.0 Å². The molecule has 3 aromatic carbocycles. The second-order valence-corrected chi connectivity index (χ2v) is 12.6. The van der Waals surface area contributed by atoms with Crippen molar-refractivity contribution < 1.29 is 23.7 Å². The summed E-state index contributed by atoms with van der Waals surface area (Å²) in [6.07, 6.45) is 4.79. The Morgan fingerprint density at radius 1 is 0.857 bits per heavy atom. The second kappa shape index (κ2) is 16.5. The van der Waals surface area contributed by atoms with Crippen molar-refractivity contribution in [2.75, 3.05) is 33.0 Å². The lowest BCUT2D eigenvalue weighted by Gasteiger charge is -2.37. The molecule has 2 heterocycles. The van der Waals surface area contributed by atoms with E-state index in [1.807, 2.05) is 99.7 Å². The van der Waals surface area contributed by atoms with Crippen LogP contribution in [0.5, 0.6) is 23.0 Å². The first-order valence-corrected chi connectivity index (χ1v) is 17.7. The molecule has 1 unspecified atom stereocenters. The van der Waals surface area contributed by atoms with E-state index in [-0.39, 0.29) is 11.9 Å². The van der Waals surface area contributed by atoms with Gasteiger partial charge in [0.2, 0.25) is 5.91 Å². The van der Waals surface area contributed by atoms with Gasteiger partial charge in [-0.1, -0.05) is 35.3 Å². The monoisotopic (exact) mass is 705 g/mol. The predicted molar refractivity (Wildman–Crippen MR) is 196 cm³/mol. The Bertz CT molecular complexity index is 1800. The standard InChI is InChI=1S/C39H45Cl2N3O5/c1-7-46-35-16-14-27(21-36(35)47-8-2)20-34-30-23-38(49-10-4)37(48-9-3)22-28(30)18-19-43(34)39(45)17-15-29-25(5)42-44(26(29)6)24-31-32(40)12-11-13-33(31)41/h11-17,21-23,34H,7-10,18-20,24H2,1-6H3/b17-15+. The van der Waals surface area contributed by atoms with Crippen LogP contribution in [-0.4, -0.2) is 53.6 Å². The molecular formula is C39H45Cl2N3O5. The number of nitrogens with zero attached hydrogens (tertiary/aromatic N) is 3. The normalized spacial score (nSPS) is 14.2. The number of fused-ring (bicyclic) bond motifs is 1. The van der Waals surface area contributed by atoms with Crippen molar-refractivity contribution in [3.05, 3.63) is 104 Å². The third-order valence-corrected chi connectivity index (χ3v) is 9.39. The van der Waals surface area contributed by atoms with Gasteiger partial charge in [0.1, 0.15) is 0 Å². The lowest BCUT2D eigenvalue weighted by molar-refractivity contribution is -0.128. The van der Waals surface area contributed by atoms with E-state index >= 15 is 0 Å². The first-order chi connectivity index (χ1) is 23.7. The second-order valence-electron chi connectivity index (χ2n) is 11.8. The minimum Gasteiger partial charge on any atom is -0.490 e. The lowest BCUT2D eigenvalue weighted by Crippen LogP contribution is -2.40. The molecule has 0 spiro atoms. The molecule has 0 fully saturated rings. The van der Waals surface area contributed by atoms with Crippen molar-refractivity contribution in [3.8, 4) is 23.0 Å². The third kappa shape index (κ3) is 8.19. The maximum atomic E-state index is 14.2. The highest BCUT2D eigenvalue weighted by Crippen LogP contribution is 2.41. The molecule has 1 aliphatic heterocycles. The summed E-state index contributed by atoms with van der Waals surface area (Å²) in [6.45, 7) is 14.8. The molecule has 0 saturated heterocycles. The highest BCUT2D eigenvalue weighted by atomic mass is 35.5. The number of hydrogen-bond acceptors (Lipinski definition) is 6. The Labute approximate surface area is 299 Å². The smallest absolute Gasteiger partial charge is 0.247 e. The van der Waals surface area contributed by atoms with Crippen LogP contribution in [0.15, 0.2) is 54.6 Å². The largest absolute Gasteiger partial charge is 0.490 e. The minimum absolute atomic E-state index is 0.0841. The van der Waals surface area contributed by atoms with Gasteiger partial charge in [-0.05, 0) is 114 Å². The molecule has 260 valence electrons. The predicted octanol–water partition coefficient (Wildman–Crippen LogP) is 8.83. The molecule has 0 radical (unpaired) electrons. The molecule has 0 bridgehead atoms. The number of carbonyl (C=O) groups excluding carboxylic acids is 1. The first-order valence-electron chi connectivity index (χ1n) is 16.9. The van der Waals surface area contributed by atoms with Crippen molar-refractivity contribution in [1.82, 2.24) is 14.7 Å². The maximum Gasteiger partial charge on any atom is 0.247 e. The molecule has 4 aromatic rings. The number of aromatic nitrogens is 2. The first kappa shape index (κ1) is 36.1. The Morgan fingerprint density at radius 3 is 2.12 bits per heavy atom. The van der Waals surface area contributed by atoms with E-state index in [1.165, 1.54) is 0 Å². The van der Waals surface area contributed by atoms with Gasteiger partial charge in [-0.3, -0.25) is 9.48 Å². The Hall–Kier alpha value is -4.14. The fraction of sp³-hybridized carbons (Fsp3) is 0.385. The summed E-state index contributed by atoms with van der Waals surface area (Å²) >= 11 is 12.9. The van der Waals surface area contributed by atoms with Gasteiger partial charge < -0.3 is 23.8 Å². The summed E-state index contributed by atoms with van der Waals surface area (Å²) < 4.78 is 25.6. The number of amides is 1. The summed E-state index contributed by atoms with van der Waals surface area (Å²) in [7, 11) is 0. The molecule has 49 heavy (non-hydrogen) atoms. The SMILES string of the molecule is CCOc1ccc(CC2c3cc(OCC)c(OCC)cc3CCN2C(=O)/C=C/c2c(C)nn(Cc3c(Cl)cccc3Cl)c2C)cc1OCC. The van der Waals surface area contributed by atoms with Crippen molar-refractivity contribution >= 4 is 35.2 Å². The van der Waals surface area contributed by atoms with Gasteiger partial charge in [0, 0.05) is 39.5 Å². The molecule has 0 N–H and O–H groups in total. The summed E-state index contributed by atoms with van der Waals surface area (Å²) in [5.74, 6) is 2.72. The van der Waals surface area contributed by atoms with Crippen LogP contribution in [0.1, 0.15) is 72.9 Å². The molecule has 1 aromatic heterocycles. The highest BCUT2D eigenvalue weighted by molar-refractivity contribution is 6.36. The molecule has 5 rings (SSSR count). The van der Waals surface area contributed by atoms with Gasteiger partial charge in [0.25, 0.3) is 0 Å². The van der Waals surface area contributed by atoms with Gasteiger partial charge >= 0.3 is 0 Å². The van der Waals surface area contributed by atoms with Crippen LogP contribution in [0.2, 0.25) is 10.0 Å².